The average Bonchev–Trinajstić information content (AvgIpc) is 2.38. The van der Waals surface area contributed by atoms with E-state index in [0.29, 0.717) is 6.61 Å². The molecule has 6 heteroatoms. The number of aliphatic hydroxyl groups excluding tert-OH is 1. The van der Waals surface area contributed by atoms with Gasteiger partial charge in [0, 0.05) is 0 Å². The van der Waals surface area contributed by atoms with Crippen molar-refractivity contribution in [1.29, 1.82) is 0 Å². The van der Waals surface area contributed by atoms with E-state index in [2.05, 4.69) is 22.6 Å². The van der Waals surface area contributed by atoms with E-state index in [0.717, 1.165) is 0 Å². The lowest BCUT2D eigenvalue weighted by Gasteiger charge is -1.99. The van der Waals surface area contributed by atoms with Crippen LogP contribution in [0.25, 0.3) is 0 Å². The minimum Gasteiger partial charge on any atom is -0.463 e. The molecule has 0 bridgehead atoms. The van der Waals surface area contributed by atoms with Gasteiger partial charge in [-0.15, -0.1) is 0 Å². The molecule has 0 amide bonds. The fourth-order valence-corrected chi connectivity index (χ4v) is 0.585. The second-order valence-electron chi connectivity index (χ2n) is 2.94. The van der Waals surface area contributed by atoms with Crippen LogP contribution in [0.4, 0.5) is 4.39 Å². The number of carbonyl (C=O) groups is 2. The van der Waals surface area contributed by atoms with E-state index in [4.69, 9.17) is 5.11 Å². The Morgan fingerprint density at radius 3 is 1.72 bits per heavy atom. The maximum Gasteiger partial charge on any atom is 0.336 e. The van der Waals surface area contributed by atoms with Gasteiger partial charge in [-0.3, -0.25) is 0 Å². The molecule has 0 aromatic heterocycles. The minimum atomic E-state index is -0.834. The van der Waals surface area contributed by atoms with Crippen molar-refractivity contribution in [1.82, 2.24) is 0 Å². The molecule has 0 fully saturated rings. The Hall–Kier alpha value is -1.69. The van der Waals surface area contributed by atoms with Crippen LogP contribution in [0.1, 0.15) is 13.8 Å². The number of aliphatic hydroxyl groups is 1. The molecular formula is C12H19FO5. The van der Waals surface area contributed by atoms with E-state index in [9.17, 15) is 14.0 Å². The third-order valence-electron chi connectivity index (χ3n) is 1.48. The van der Waals surface area contributed by atoms with Crippen LogP contribution in [0.15, 0.2) is 24.3 Å². The molecule has 0 rings (SSSR count). The van der Waals surface area contributed by atoms with Crippen LogP contribution in [-0.4, -0.2) is 43.5 Å². The molecule has 0 unspecified atom stereocenters. The fraction of sp³-hybridized carbons (Fsp3) is 0.500. The standard InChI is InChI=1S/C6H9FO2.C6H10O3/c2*1-3-9-6(8)5(2)4-7/h2-4H2,1H3;7H,2-4H2,1H3. The third-order valence-corrected chi connectivity index (χ3v) is 1.48. The summed E-state index contributed by atoms with van der Waals surface area (Å²) in [4.78, 5) is 20.9. The van der Waals surface area contributed by atoms with Crippen LogP contribution in [0, 0.1) is 0 Å². The molecule has 0 radical (unpaired) electrons. The minimum absolute atomic E-state index is 0.0943. The first-order valence-corrected chi connectivity index (χ1v) is 5.31. The van der Waals surface area contributed by atoms with Crippen molar-refractivity contribution in [2.75, 3.05) is 26.5 Å². The van der Waals surface area contributed by atoms with Gasteiger partial charge in [-0.2, -0.15) is 0 Å². The SMILES string of the molecule is C=C(CF)C(=O)OCC.C=C(CO)C(=O)OCC. The van der Waals surface area contributed by atoms with Gasteiger partial charge in [0.2, 0.25) is 0 Å². The number of carbonyl (C=O) groups excluding carboxylic acids is 2. The summed E-state index contributed by atoms with van der Waals surface area (Å²) in [6.45, 7) is 9.17. The van der Waals surface area contributed by atoms with Crippen molar-refractivity contribution in [3.63, 3.8) is 0 Å². The molecule has 1 N–H and O–H groups in total. The number of hydrogen-bond acceptors (Lipinski definition) is 5. The average molecular weight is 262 g/mol. The Morgan fingerprint density at radius 2 is 1.44 bits per heavy atom. The molecule has 0 atom stereocenters. The van der Waals surface area contributed by atoms with Crippen molar-refractivity contribution >= 4 is 11.9 Å². The number of rotatable bonds is 6. The monoisotopic (exact) mass is 262 g/mol. The van der Waals surface area contributed by atoms with Gasteiger partial charge in [0.15, 0.2) is 0 Å². The predicted octanol–water partition coefficient (Wildman–Crippen LogP) is 1.17. The summed E-state index contributed by atoms with van der Waals surface area (Å²) >= 11 is 0. The van der Waals surface area contributed by atoms with Crippen LogP contribution in [-0.2, 0) is 19.1 Å². The molecule has 0 saturated carbocycles. The second-order valence-corrected chi connectivity index (χ2v) is 2.94. The molecule has 0 aromatic rings. The molecule has 104 valence electrons. The Balaban J connectivity index is 0. The number of halogens is 1. The van der Waals surface area contributed by atoms with E-state index in [1.165, 1.54) is 0 Å². The predicted molar refractivity (Wildman–Crippen MR) is 64.6 cm³/mol. The van der Waals surface area contributed by atoms with Crippen molar-refractivity contribution in [3.05, 3.63) is 24.3 Å². The van der Waals surface area contributed by atoms with Gasteiger partial charge < -0.3 is 14.6 Å². The summed E-state index contributed by atoms with van der Waals surface area (Å²) in [5, 5.41) is 8.33. The zero-order chi connectivity index (χ0) is 14.6. The third kappa shape index (κ3) is 9.53. The van der Waals surface area contributed by atoms with E-state index in [1.807, 2.05) is 0 Å². The van der Waals surface area contributed by atoms with Crippen molar-refractivity contribution < 1.29 is 28.6 Å². The van der Waals surface area contributed by atoms with E-state index in [1.54, 1.807) is 13.8 Å². The maximum atomic E-state index is 11.6. The Labute approximate surface area is 106 Å². The zero-order valence-electron chi connectivity index (χ0n) is 10.7. The number of hydrogen-bond donors (Lipinski definition) is 1. The molecular weight excluding hydrogens is 243 g/mol. The van der Waals surface area contributed by atoms with Crippen LogP contribution in [0.2, 0.25) is 0 Å². The van der Waals surface area contributed by atoms with Crippen LogP contribution < -0.4 is 0 Å². The molecule has 0 aliphatic carbocycles. The van der Waals surface area contributed by atoms with Crippen LogP contribution >= 0.6 is 0 Å². The number of ether oxygens (including phenoxy) is 2. The highest BCUT2D eigenvalue weighted by Gasteiger charge is 2.05. The molecule has 0 heterocycles. The summed E-state index contributed by atoms with van der Waals surface area (Å²) in [6, 6.07) is 0. The van der Waals surface area contributed by atoms with Gasteiger partial charge in [0.05, 0.1) is 31.0 Å². The highest BCUT2D eigenvalue weighted by atomic mass is 19.1. The Kier molecular flexibility index (Phi) is 12.2. The highest BCUT2D eigenvalue weighted by molar-refractivity contribution is 5.88. The first kappa shape index (κ1) is 18.7. The second kappa shape index (κ2) is 11.8. The maximum absolute atomic E-state index is 11.6. The summed E-state index contributed by atoms with van der Waals surface area (Å²) in [5.74, 6) is -1.18. The quantitative estimate of drug-likeness (QED) is 0.574. The first-order chi connectivity index (χ1) is 8.44. The smallest absolute Gasteiger partial charge is 0.336 e. The van der Waals surface area contributed by atoms with Gasteiger partial charge in [-0.1, -0.05) is 13.2 Å². The van der Waals surface area contributed by atoms with Crippen LogP contribution in [0.3, 0.4) is 0 Å². The number of alkyl halides is 1. The van der Waals surface area contributed by atoms with E-state index in [-0.39, 0.29) is 24.4 Å². The summed E-state index contributed by atoms with van der Waals surface area (Å²) in [6.07, 6.45) is 0. The molecule has 0 saturated heterocycles. The van der Waals surface area contributed by atoms with Crippen LogP contribution in [0.5, 0.6) is 0 Å². The molecule has 5 nitrogen and oxygen atoms in total. The first-order valence-electron chi connectivity index (χ1n) is 5.31. The zero-order valence-corrected chi connectivity index (χ0v) is 10.7. The van der Waals surface area contributed by atoms with Gasteiger partial charge in [-0.05, 0) is 13.8 Å². The normalized spacial score (nSPS) is 8.67. The number of esters is 2. The summed E-state index contributed by atoms with van der Waals surface area (Å²) in [7, 11) is 0. The summed E-state index contributed by atoms with van der Waals surface area (Å²) < 4.78 is 20.5. The Morgan fingerprint density at radius 1 is 1.06 bits per heavy atom. The van der Waals surface area contributed by atoms with Gasteiger partial charge in [-0.25, -0.2) is 14.0 Å². The Bertz CT molecular complexity index is 269. The lowest BCUT2D eigenvalue weighted by Crippen LogP contribution is -2.08. The molecule has 0 spiro atoms. The highest BCUT2D eigenvalue weighted by Crippen LogP contribution is 1.94. The van der Waals surface area contributed by atoms with Crippen molar-refractivity contribution in [2.24, 2.45) is 0 Å². The van der Waals surface area contributed by atoms with Gasteiger partial charge in [0.1, 0.15) is 6.67 Å². The van der Waals surface area contributed by atoms with E-state index >= 15 is 0 Å². The van der Waals surface area contributed by atoms with Crippen molar-refractivity contribution in [3.8, 4) is 0 Å². The lowest BCUT2D eigenvalue weighted by atomic mass is 10.3. The topological polar surface area (TPSA) is 72.8 Å². The van der Waals surface area contributed by atoms with Gasteiger partial charge in [0.25, 0.3) is 0 Å². The fourth-order valence-electron chi connectivity index (χ4n) is 0.585. The van der Waals surface area contributed by atoms with E-state index < -0.39 is 18.6 Å². The van der Waals surface area contributed by atoms with Crippen molar-refractivity contribution in [2.45, 2.75) is 13.8 Å². The molecule has 0 aliphatic heterocycles. The lowest BCUT2D eigenvalue weighted by molar-refractivity contribution is -0.139. The molecule has 0 aromatic carbocycles. The molecule has 0 aliphatic rings. The molecule has 18 heavy (non-hydrogen) atoms. The van der Waals surface area contributed by atoms with Gasteiger partial charge >= 0.3 is 11.9 Å². The largest absolute Gasteiger partial charge is 0.463 e. The summed E-state index contributed by atoms with van der Waals surface area (Å²) in [5.41, 5.74) is -0.0336.